The summed E-state index contributed by atoms with van der Waals surface area (Å²) in [5, 5.41) is 11.7. The molecule has 0 fully saturated rings. The minimum absolute atomic E-state index is 0.232. The van der Waals surface area contributed by atoms with Gasteiger partial charge in [-0.05, 0) is 19.7 Å². The van der Waals surface area contributed by atoms with Gasteiger partial charge in [0.2, 0.25) is 5.91 Å². The van der Waals surface area contributed by atoms with E-state index in [1.54, 1.807) is 6.08 Å². The fraction of sp³-hybridized carbons (Fsp3) is 0.333. The number of carbonyl (C=O) groups excluding carboxylic acids is 1. The van der Waals surface area contributed by atoms with Gasteiger partial charge in [-0.3, -0.25) is 4.79 Å². The van der Waals surface area contributed by atoms with E-state index < -0.39 is 6.04 Å². The van der Waals surface area contributed by atoms with Crippen LogP contribution in [0.1, 0.15) is 5.56 Å². The van der Waals surface area contributed by atoms with Crippen LogP contribution in [0.15, 0.2) is 42.5 Å². The van der Waals surface area contributed by atoms with E-state index in [0.29, 0.717) is 13.0 Å². The summed E-state index contributed by atoms with van der Waals surface area (Å²) >= 11 is 0. The maximum atomic E-state index is 11.6. The predicted octanol–water partition coefficient (Wildman–Crippen LogP) is 1.36. The van der Waals surface area contributed by atoms with E-state index in [-0.39, 0.29) is 5.91 Å². The Labute approximate surface area is 114 Å². The van der Waals surface area contributed by atoms with Crippen molar-refractivity contribution in [1.82, 2.24) is 10.2 Å². The normalized spacial score (nSPS) is 12.3. The van der Waals surface area contributed by atoms with Crippen LogP contribution in [0.3, 0.4) is 0 Å². The molecule has 1 aromatic carbocycles. The first kappa shape index (κ1) is 14.9. The van der Waals surface area contributed by atoms with Crippen molar-refractivity contribution in [3.05, 3.63) is 48.0 Å². The van der Waals surface area contributed by atoms with Crippen molar-refractivity contribution >= 4 is 5.91 Å². The van der Waals surface area contributed by atoms with Crippen molar-refractivity contribution in [2.24, 2.45) is 0 Å². The number of carbonyl (C=O) groups is 1. The number of hydrogen-bond acceptors (Lipinski definition) is 3. The average Bonchev–Trinajstić information content (AvgIpc) is 2.38. The second-order valence-electron chi connectivity index (χ2n) is 4.54. The molecule has 0 aromatic heterocycles. The predicted molar refractivity (Wildman–Crippen MR) is 75.4 cm³/mol. The highest BCUT2D eigenvalue weighted by Gasteiger charge is 2.09. The molecule has 19 heavy (non-hydrogen) atoms. The molecule has 0 bridgehead atoms. The van der Waals surface area contributed by atoms with E-state index in [2.05, 4.69) is 11.4 Å². The molecule has 1 N–H and O–H groups in total. The van der Waals surface area contributed by atoms with E-state index in [4.69, 9.17) is 5.26 Å². The molecule has 0 aliphatic rings. The van der Waals surface area contributed by atoms with Crippen LogP contribution in [0.25, 0.3) is 0 Å². The third-order valence-electron chi connectivity index (χ3n) is 2.49. The SMILES string of the molecule is CN(C)C/C=C/C(=O)NC(C#N)Cc1ccccc1. The van der Waals surface area contributed by atoms with Gasteiger partial charge < -0.3 is 10.2 Å². The lowest BCUT2D eigenvalue weighted by atomic mass is 10.1. The zero-order valence-corrected chi connectivity index (χ0v) is 11.3. The number of nitrogens with one attached hydrogen (secondary N) is 1. The van der Waals surface area contributed by atoms with E-state index in [0.717, 1.165) is 5.56 Å². The molecule has 0 radical (unpaired) electrons. The lowest BCUT2D eigenvalue weighted by Gasteiger charge is -2.10. The molecule has 0 aliphatic carbocycles. The highest BCUT2D eigenvalue weighted by atomic mass is 16.1. The van der Waals surface area contributed by atoms with Gasteiger partial charge in [0.05, 0.1) is 6.07 Å². The smallest absolute Gasteiger partial charge is 0.244 e. The third kappa shape index (κ3) is 6.39. The molecule has 1 aromatic rings. The van der Waals surface area contributed by atoms with Gasteiger partial charge in [-0.15, -0.1) is 0 Å². The molecular formula is C15H19N3O. The van der Waals surface area contributed by atoms with Crippen molar-refractivity contribution in [1.29, 1.82) is 5.26 Å². The van der Waals surface area contributed by atoms with Crippen molar-refractivity contribution in [3.8, 4) is 6.07 Å². The van der Waals surface area contributed by atoms with E-state index in [1.165, 1.54) is 6.08 Å². The quantitative estimate of drug-likeness (QED) is 0.783. The summed E-state index contributed by atoms with van der Waals surface area (Å²) in [5.74, 6) is -0.232. The van der Waals surface area contributed by atoms with Gasteiger partial charge in [-0.2, -0.15) is 5.26 Å². The Balaban J connectivity index is 2.47. The molecule has 100 valence electrons. The third-order valence-corrected chi connectivity index (χ3v) is 2.49. The van der Waals surface area contributed by atoms with E-state index in [9.17, 15) is 4.79 Å². The number of nitrogens with zero attached hydrogens (tertiary/aromatic N) is 2. The number of amides is 1. The molecule has 0 heterocycles. The Kier molecular flexibility index (Phi) is 6.34. The van der Waals surface area contributed by atoms with E-state index >= 15 is 0 Å². The van der Waals surface area contributed by atoms with Gasteiger partial charge >= 0.3 is 0 Å². The van der Waals surface area contributed by atoms with Crippen molar-refractivity contribution in [3.63, 3.8) is 0 Å². The summed E-state index contributed by atoms with van der Waals surface area (Å²) < 4.78 is 0. The lowest BCUT2D eigenvalue weighted by Crippen LogP contribution is -2.34. The minimum Gasteiger partial charge on any atom is -0.336 e. The molecule has 0 aliphatic heterocycles. The van der Waals surface area contributed by atoms with E-state index in [1.807, 2.05) is 49.3 Å². The Bertz CT molecular complexity index is 460. The van der Waals surface area contributed by atoms with Crippen LogP contribution in [0, 0.1) is 11.3 Å². The standard InChI is InChI=1S/C15H19N3O/c1-18(2)10-6-9-15(19)17-14(12-16)11-13-7-4-3-5-8-13/h3-9,14H,10-11H2,1-2H3,(H,17,19)/b9-6+. The zero-order valence-electron chi connectivity index (χ0n) is 11.3. The molecule has 1 atom stereocenters. The summed E-state index contributed by atoms with van der Waals surface area (Å²) in [6, 6.07) is 11.3. The van der Waals surface area contributed by atoms with Crippen molar-refractivity contribution in [2.45, 2.75) is 12.5 Å². The first-order valence-corrected chi connectivity index (χ1v) is 6.17. The fourth-order valence-electron chi connectivity index (χ4n) is 1.57. The monoisotopic (exact) mass is 257 g/mol. The van der Waals surface area contributed by atoms with Crippen molar-refractivity contribution < 1.29 is 4.79 Å². The van der Waals surface area contributed by atoms with Crippen LogP contribution in [-0.4, -0.2) is 37.5 Å². The Morgan fingerprint density at radius 2 is 2.11 bits per heavy atom. The Morgan fingerprint density at radius 3 is 2.68 bits per heavy atom. The largest absolute Gasteiger partial charge is 0.336 e. The van der Waals surface area contributed by atoms with Crippen molar-refractivity contribution in [2.75, 3.05) is 20.6 Å². The number of hydrogen-bond donors (Lipinski definition) is 1. The fourth-order valence-corrected chi connectivity index (χ4v) is 1.57. The van der Waals surface area contributed by atoms with Gasteiger partial charge in [0.1, 0.15) is 6.04 Å². The maximum Gasteiger partial charge on any atom is 0.244 e. The van der Waals surface area contributed by atoms with Crippen LogP contribution < -0.4 is 5.32 Å². The molecule has 4 heteroatoms. The molecule has 0 saturated heterocycles. The van der Waals surface area contributed by atoms with Gasteiger partial charge in [0.15, 0.2) is 0 Å². The summed E-state index contributed by atoms with van der Waals surface area (Å²) in [6.45, 7) is 0.698. The first-order valence-electron chi connectivity index (χ1n) is 6.17. The molecule has 1 unspecified atom stereocenters. The highest BCUT2D eigenvalue weighted by Crippen LogP contribution is 2.02. The number of rotatable bonds is 6. The minimum atomic E-state index is -0.501. The number of benzene rings is 1. The van der Waals surface area contributed by atoms with Crippen LogP contribution in [0.2, 0.25) is 0 Å². The first-order chi connectivity index (χ1) is 9.11. The van der Waals surface area contributed by atoms with Gasteiger partial charge in [-0.1, -0.05) is 36.4 Å². The van der Waals surface area contributed by atoms with Crippen LogP contribution in [-0.2, 0) is 11.2 Å². The summed E-state index contributed by atoms with van der Waals surface area (Å²) in [4.78, 5) is 13.6. The second-order valence-corrected chi connectivity index (χ2v) is 4.54. The van der Waals surface area contributed by atoms with Crippen LogP contribution >= 0.6 is 0 Å². The topological polar surface area (TPSA) is 56.1 Å². The lowest BCUT2D eigenvalue weighted by molar-refractivity contribution is -0.116. The zero-order chi connectivity index (χ0) is 14.1. The summed E-state index contributed by atoms with van der Waals surface area (Å²) in [6.07, 6.45) is 3.76. The van der Waals surface area contributed by atoms with Gasteiger partial charge in [0, 0.05) is 19.0 Å². The second kappa shape index (κ2) is 8.06. The summed E-state index contributed by atoms with van der Waals surface area (Å²) in [5.41, 5.74) is 1.03. The maximum absolute atomic E-state index is 11.6. The summed E-state index contributed by atoms with van der Waals surface area (Å²) in [7, 11) is 3.85. The van der Waals surface area contributed by atoms with Crippen LogP contribution in [0.5, 0.6) is 0 Å². The Morgan fingerprint density at radius 1 is 1.42 bits per heavy atom. The number of likely N-dealkylation sites (N-methyl/N-ethyl adjacent to an activating group) is 1. The van der Waals surface area contributed by atoms with Crippen LogP contribution in [0.4, 0.5) is 0 Å². The molecule has 1 rings (SSSR count). The van der Waals surface area contributed by atoms with Gasteiger partial charge in [-0.25, -0.2) is 0 Å². The molecule has 0 spiro atoms. The highest BCUT2D eigenvalue weighted by molar-refractivity contribution is 5.87. The number of nitriles is 1. The molecule has 1 amide bonds. The molecule has 4 nitrogen and oxygen atoms in total. The Hall–Kier alpha value is -2.12. The molecular weight excluding hydrogens is 238 g/mol. The van der Waals surface area contributed by atoms with Gasteiger partial charge in [0.25, 0.3) is 0 Å². The molecule has 0 saturated carbocycles. The average molecular weight is 257 g/mol.